The van der Waals surface area contributed by atoms with E-state index in [9.17, 15) is 9.59 Å². The Morgan fingerprint density at radius 1 is 1.06 bits per heavy atom. The lowest BCUT2D eigenvalue weighted by Crippen LogP contribution is -2.49. The van der Waals surface area contributed by atoms with Crippen LogP contribution in [0.3, 0.4) is 0 Å². The zero-order valence-electron chi connectivity index (χ0n) is 20.3. The molecule has 0 radical (unpaired) electrons. The van der Waals surface area contributed by atoms with Crippen molar-refractivity contribution in [2.24, 2.45) is 0 Å². The van der Waals surface area contributed by atoms with Gasteiger partial charge < -0.3 is 14.8 Å². The summed E-state index contributed by atoms with van der Waals surface area (Å²) in [4.78, 5) is 37.5. The summed E-state index contributed by atoms with van der Waals surface area (Å²) in [5.41, 5.74) is 5.75. The Bertz CT molecular complexity index is 1220. The summed E-state index contributed by atoms with van der Waals surface area (Å²) in [7, 11) is 0. The van der Waals surface area contributed by atoms with Gasteiger partial charge in [-0.25, -0.2) is 4.98 Å². The van der Waals surface area contributed by atoms with Crippen LogP contribution in [-0.2, 0) is 11.2 Å². The zero-order chi connectivity index (χ0) is 24.2. The first-order valence-electron chi connectivity index (χ1n) is 11.7. The maximum Gasteiger partial charge on any atom is 0.255 e. The summed E-state index contributed by atoms with van der Waals surface area (Å²) < 4.78 is 0. The highest BCUT2D eigenvalue weighted by Gasteiger charge is 2.24. The molecule has 34 heavy (non-hydrogen) atoms. The second kappa shape index (κ2) is 10.5. The van der Waals surface area contributed by atoms with Crippen LogP contribution >= 0.6 is 11.8 Å². The van der Waals surface area contributed by atoms with Crippen LogP contribution in [0.5, 0.6) is 0 Å². The second-order valence-electron chi connectivity index (χ2n) is 8.94. The number of hydrogen-bond acceptors (Lipinski definition) is 5. The fourth-order valence-electron chi connectivity index (χ4n) is 4.33. The number of nitrogens with zero attached hydrogens (tertiary/aromatic N) is 3. The van der Waals surface area contributed by atoms with Gasteiger partial charge in [0.05, 0.1) is 6.42 Å². The number of rotatable bonds is 6. The van der Waals surface area contributed by atoms with Crippen molar-refractivity contribution in [3.05, 3.63) is 86.8 Å². The first-order chi connectivity index (χ1) is 16.3. The van der Waals surface area contributed by atoms with E-state index in [0.29, 0.717) is 29.5 Å². The number of carbonyl (C=O) groups excluding carboxylic acids is 1. The van der Waals surface area contributed by atoms with Gasteiger partial charge in [-0.05, 0) is 50.5 Å². The first kappa shape index (κ1) is 24.1. The highest BCUT2D eigenvalue weighted by Crippen LogP contribution is 2.32. The van der Waals surface area contributed by atoms with E-state index in [2.05, 4.69) is 66.0 Å². The normalized spacial score (nSPS) is 14.8. The van der Waals surface area contributed by atoms with Crippen LogP contribution in [0.4, 0.5) is 5.69 Å². The third-order valence-electron chi connectivity index (χ3n) is 6.42. The minimum absolute atomic E-state index is 0.0194. The Kier molecular flexibility index (Phi) is 7.41. The molecule has 6 nitrogen and oxygen atoms in total. The van der Waals surface area contributed by atoms with Gasteiger partial charge in [0.15, 0.2) is 5.16 Å². The van der Waals surface area contributed by atoms with Crippen LogP contribution in [0.1, 0.15) is 40.1 Å². The number of thioether (sulfide) groups is 1. The molecular weight excluding hydrogens is 444 g/mol. The molecule has 4 rings (SSSR count). The van der Waals surface area contributed by atoms with Crippen molar-refractivity contribution in [2.75, 3.05) is 31.1 Å². The Labute approximate surface area is 205 Å². The Hall–Kier alpha value is -3.06. The molecule has 7 heteroatoms. The zero-order valence-corrected chi connectivity index (χ0v) is 21.1. The topological polar surface area (TPSA) is 69.3 Å². The predicted molar refractivity (Wildman–Crippen MR) is 139 cm³/mol. The Morgan fingerprint density at radius 3 is 2.44 bits per heavy atom. The number of H-pyrrole nitrogens is 1. The molecule has 0 saturated carbocycles. The SMILES string of the molecule is Cc1ccc(C)c(N2CCN(C(=O)Cc3c(C)nc(SC(C)c4ccccc4)[nH]c3=O)CC2)c1. The largest absolute Gasteiger partial charge is 0.368 e. The third-order valence-corrected chi connectivity index (χ3v) is 7.47. The van der Waals surface area contributed by atoms with Gasteiger partial charge in [-0.2, -0.15) is 0 Å². The van der Waals surface area contributed by atoms with Crippen molar-refractivity contribution in [3.63, 3.8) is 0 Å². The van der Waals surface area contributed by atoms with Gasteiger partial charge in [-0.3, -0.25) is 9.59 Å². The van der Waals surface area contributed by atoms with E-state index in [1.54, 1.807) is 0 Å². The van der Waals surface area contributed by atoms with Crippen LogP contribution in [0, 0.1) is 20.8 Å². The molecule has 0 spiro atoms. The lowest BCUT2D eigenvalue weighted by Gasteiger charge is -2.37. The summed E-state index contributed by atoms with van der Waals surface area (Å²) >= 11 is 1.51. The van der Waals surface area contributed by atoms with Gasteiger partial charge in [0, 0.05) is 48.4 Å². The number of hydrogen-bond donors (Lipinski definition) is 1. The van der Waals surface area contributed by atoms with Gasteiger partial charge in [0.2, 0.25) is 5.91 Å². The van der Waals surface area contributed by atoms with E-state index in [0.717, 1.165) is 13.1 Å². The van der Waals surface area contributed by atoms with E-state index in [1.165, 1.54) is 34.1 Å². The van der Waals surface area contributed by atoms with Gasteiger partial charge in [0.1, 0.15) is 0 Å². The van der Waals surface area contributed by atoms with Gasteiger partial charge in [-0.15, -0.1) is 0 Å². The Morgan fingerprint density at radius 2 is 1.76 bits per heavy atom. The first-order valence-corrected chi connectivity index (χ1v) is 12.6. The van der Waals surface area contributed by atoms with E-state index in [4.69, 9.17) is 0 Å². The highest BCUT2D eigenvalue weighted by molar-refractivity contribution is 7.99. The van der Waals surface area contributed by atoms with Gasteiger partial charge in [0.25, 0.3) is 5.56 Å². The highest BCUT2D eigenvalue weighted by atomic mass is 32.2. The fraction of sp³-hybridized carbons (Fsp3) is 0.370. The van der Waals surface area contributed by atoms with Gasteiger partial charge in [-0.1, -0.05) is 54.2 Å². The van der Waals surface area contributed by atoms with E-state index in [-0.39, 0.29) is 23.1 Å². The van der Waals surface area contributed by atoms with Crippen LogP contribution in [0.2, 0.25) is 0 Å². The van der Waals surface area contributed by atoms with Crippen molar-refractivity contribution >= 4 is 23.4 Å². The molecule has 3 aromatic rings. The standard InChI is InChI=1S/C27H32N4O2S/c1-18-10-11-19(2)24(16-18)30-12-14-31(15-13-30)25(32)17-23-20(3)28-27(29-26(23)33)34-21(4)22-8-6-5-7-9-22/h5-11,16,21H,12-15,17H2,1-4H3,(H,28,29,33). The molecule has 1 fully saturated rings. The summed E-state index contributed by atoms with van der Waals surface area (Å²) in [5.74, 6) is -0.0194. The molecule has 2 aromatic carbocycles. The summed E-state index contributed by atoms with van der Waals surface area (Å²) in [6.07, 6.45) is 0.0802. The number of amides is 1. The number of nitrogens with one attached hydrogen (secondary N) is 1. The number of aromatic amines is 1. The molecule has 1 aliphatic rings. The molecule has 2 heterocycles. The molecule has 1 amide bonds. The summed E-state index contributed by atoms with van der Waals surface area (Å²) in [6.45, 7) is 11.0. The van der Waals surface area contributed by atoms with E-state index in [1.807, 2.05) is 30.0 Å². The molecule has 1 unspecified atom stereocenters. The average molecular weight is 477 g/mol. The minimum atomic E-state index is -0.224. The van der Waals surface area contributed by atoms with Crippen LogP contribution in [0.25, 0.3) is 0 Å². The maximum absolute atomic E-state index is 13.0. The second-order valence-corrected chi connectivity index (χ2v) is 10.3. The molecule has 0 aliphatic carbocycles. The summed E-state index contributed by atoms with van der Waals surface area (Å²) in [6, 6.07) is 16.6. The van der Waals surface area contributed by atoms with Crippen molar-refractivity contribution in [3.8, 4) is 0 Å². The van der Waals surface area contributed by atoms with E-state index < -0.39 is 0 Å². The molecule has 1 aliphatic heterocycles. The van der Waals surface area contributed by atoms with Crippen molar-refractivity contribution in [1.82, 2.24) is 14.9 Å². The lowest BCUT2D eigenvalue weighted by atomic mass is 10.1. The molecule has 178 valence electrons. The molecule has 1 atom stereocenters. The smallest absolute Gasteiger partial charge is 0.255 e. The van der Waals surface area contributed by atoms with Crippen molar-refractivity contribution in [1.29, 1.82) is 0 Å². The maximum atomic E-state index is 13.0. The quantitative estimate of drug-likeness (QED) is 0.421. The number of aromatic nitrogens is 2. The average Bonchev–Trinajstić information content (AvgIpc) is 2.83. The predicted octanol–water partition coefficient (Wildman–Crippen LogP) is 4.44. The van der Waals surface area contributed by atoms with Gasteiger partial charge >= 0.3 is 0 Å². The Balaban J connectivity index is 1.38. The van der Waals surface area contributed by atoms with Crippen molar-refractivity contribution < 1.29 is 4.79 Å². The molecule has 1 N–H and O–H groups in total. The number of aryl methyl sites for hydroxylation is 3. The number of benzene rings is 2. The third kappa shape index (κ3) is 5.53. The molecule has 1 saturated heterocycles. The number of carbonyl (C=O) groups is 1. The van der Waals surface area contributed by atoms with Crippen molar-refractivity contribution in [2.45, 2.75) is 44.5 Å². The van der Waals surface area contributed by atoms with Crippen LogP contribution < -0.4 is 10.5 Å². The molecule has 0 bridgehead atoms. The summed E-state index contributed by atoms with van der Waals surface area (Å²) in [5, 5.41) is 0.738. The number of anilines is 1. The van der Waals surface area contributed by atoms with E-state index >= 15 is 0 Å². The molecule has 1 aromatic heterocycles. The monoisotopic (exact) mass is 476 g/mol. The fourth-order valence-corrected chi connectivity index (χ4v) is 5.30. The van der Waals surface area contributed by atoms with Crippen LogP contribution in [-0.4, -0.2) is 47.0 Å². The lowest BCUT2D eigenvalue weighted by molar-refractivity contribution is -0.130. The number of piperazine rings is 1. The minimum Gasteiger partial charge on any atom is -0.368 e. The van der Waals surface area contributed by atoms with Crippen LogP contribution in [0.15, 0.2) is 58.5 Å². The molecular formula is C27H32N4O2S.